The molecular weight excluding hydrogens is 1020 g/mol. The van der Waals surface area contributed by atoms with Crippen LogP contribution in [-0.2, 0) is 14.3 Å². The zero-order valence-electron chi connectivity index (χ0n) is 56.5. The van der Waals surface area contributed by atoms with Gasteiger partial charge in [0.25, 0.3) is 0 Å². The van der Waals surface area contributed by atoms with E-state index in [2.05, 4.69) is 31.3 Å². The lowest BCUT2D eigenvalue weighted by atomic mass is 10.0. The number of amides is 1. The summed E-state index contributed by atoms with van der Waals surface area (Å²) in [5, 5.41) is 23.3. The van der Waals surface area contributed by atoms with E-state index in [1.807, 2.05) is 6.08 Å². The zero-order valence-corrected chi connectivity index (χ0v) is 56.5. The fourth-order valence-corrected chi connectivity index (χ4v) is 12.2. The molecule has 0 heterocycles. The standard InChI is InChI=1S/C77H149NO5/c1-3-5-7-9-11-13-15-16-17-18-19-20-31-34-37-40-43-46-50-53-57-61-65-69-75(80)74(73-79)78-76(81)70-66-62-58-54-51-47-44-41-38-35-32-29-27-25-23-21-22-24-26-28-30-33-36-39-42-45-48-52-56-60-64-68-72-83-77(82)71-67-63-59-55-49-14-12-10-8-6-4-2/h10,12,65,69,74-75,79-80H,3-9,11,13-64,66-68,70-73H2,1-2H3,(H,78,81)/b12-10-,69-65+. The summed E-state index contributed by atoms with van der Waals surface area (Å²) in [5.74, 6) is -0.0480. The van der Waals surface area contributed by atoms with Crippen molar-refractivity contribution < 1.29 is 24.5 Å². The molecule has 1 amide bonds. The Kier molecular flexibility index (Phi) is 71.4. The first-order chi connectivity index (χ1) is 41.0. The van der Waals surface area contributed by atoms with E-state index in [4.69, 9.17) is 4.74 Å². The van der Waals surface area contributed by atoms with Crippen LogP contribution in [0.2, 0.25) is 0 Å². The Bertz CT molecular complexity index is 1300. The molecule has 6 nitrogen and oxygen atoms in total. The van der Waals surface area contributed by atoms with E-state index in [-0.39, 0.29) is 18.5 Å². The number of hydrogen-bond donors (Lipinski definition) is 3. The second-order valence-corrected chi connectivity index (χ2v) is 26.3. The van der Waals surface area contributed by atoms with Gasteiger partial charge in [-0.3, -0.25) is 9.59 Å². The summed E-state index contributed by atoms with van der Waals surface area (Å²) in [7, 11) is 0. The van der Waals surface area contributed by atoms with Crippen molar-refractivity contribution in [2.24, 2.45) is 0 Å². The van der Waals surface area contributed by atoms with E-state index < -0.39 is 12.1 Å². The third kappa shape index (κ3) is 69.3. The van der Waals surface area contributed by atoms with Crippen molar-refractivity contribution in [1.29, 1.82) is 0 Å². The summed E-state index contributed by atoms with van der Waals surface area (Å²) in [6.07, 6.45) is 92.9. The van der Waals surface area contributed by atoms with Gasteiger partial charge in [0.2, 0.25) is 5.91 Å². The Balaban J connectivity index is 3.36. The Hall–Kier alpha value is -1.66. The molecule has 0 saturated carbocycles. The first-order valence-electron chi connectivity index (χ1n) is 38.1. The Labute approximate surface area is 520 Å². The van der Waals surface area contributed by atoms with E-state index in [0.29, 0.717) is 19.4 Å². The Morgan fingerprint density at radius 2 is 0.578 bits per heavy atom. The normalized spacial score (nSPS) is 12.6. The predicted octanol–water partition coefficient (Wildman–Crippen LogP) is 24.9. The van der Waals surface area contributed by atoms with Gasteiger partial charge >= 0.3 is 5.97 Å². The summed E-state index contributed by atoms with van der Waals surface area (Å²) in [6, 6.07) is -0.625. The quantitative estimate of drug-likeness (QED) is 0.0320. The van der Waals surface area contributed by atoms with E-state index in [1.54, 1.807) is 6.08 Å². The van der Waals surface area contributed by atoms with Crippen LogP contribution in [0.5, 0.6) is 0 Å². The molecule has 0 aliphatic rings. The molecule has 0 aliphatic carbocycles. The van der Waals surface area contributed by atoms with E-state index >= 15 is 0 Å². The topological polar surface area (TPSA) is 95.9 Å². The average molecular weight is 1170 g/mol. The smallest absolute Gasteiger partial charge is 0.305 e. The minimum absolute atomic E-state index is 0.0105. The minimum Gasteiger partial charge on any atom is -0.466 e. The van der Waals surface area contributed by atoms with Crippen LogP contribution in [0.4, 0.5) is 0 Å². The fourth-order valence-electron chi connectivity index (χ4n) is 12.2. The Morgan fingerprint density at radius 3 is 0.892 bits per heavy atom. The van der Waals surface area contributed by atoms with Crippen molar-refractivity contribution in [1.82, 2.24) is 5.32 Å². The van der Waals surface area contributed by atoms with Gasteiger partial charge in [0.05, 0.1) is 25.4 Å². The molecule has 0 fully saturated rings. The van der Waals surface area contributed by atoms with Gasteiger partial charge in [-0.1, -0.05) is 391 Å². The number of allylic oxidation sites excluding steroid dienone is 3. The maximum atomic E-state index is 12.5. The number of aliphatic hydroxyl groups is 2. The Morgan fingerprint density at radius 1 is 0.325 bits per heavy atom. The number of hydrogen-bond acceptors (Lipinski definition) is 5. The van der Waals surface area contributed by atoms with Crippen LogP contribution in [0.3, 0.4) is 0 Å². The number of nitrogens with one attached hydrogen (secondary N) is 1. The van der Waals surface area contributed by atoms with Crippen LogP contribution in [0.1, 0.15) is 431 Å². The molecular formula is C77H149NO5. The molecule has 0 bridgehead atoms. The van der Waals surface area contributed by atoms with Gasteiger partial charge < -0.3 is 20.3 Å². The average Bonchev–Trinajstić information content (AvgIpc) is 3.49. The summed E-state index contributed by atoms with van der Waals surface area (Å²) in [6.45, 7) is 4.91. The van der Waals surface area contributed by atoms with Gasteiger partial charge in [-0.2, -0.15) is 0 Å². The highest BCUT2D eigenvalue weighted by Gasteiger charge is 2.18. The molecule has 0 rings (SSSR count). The molecule has 6 heteroatoms. The van der Waals surface area contributed by atoms with E-state index in [9.17, 15) is 19.8 Å². The second kappa shape index (κ2) is 72.8. The highest BCUT2D eigenvalue weighted by Crippen LogP contribution is 2.20. The lowest BCUT2D eigenvalue weighted by molar-refractivity contribution is -0.143. The van der Waals surface area contributed by atoms with Crippen molar-refractivity contribution in [3.63, 3.8) is 0 Å². The lowest BCUT2D eigenvalue weighted by Crippen LogP contribution is -2.45. The molecule has 2 unspecified atom stereocenters. The van der Waals surface area contributed by atoms with Crippen LogP contribution in [0, 0.1) is 0 Å². The molecule has 0 aliphatic heterocycles. The number of carbonyl (C=O) groups is 2. The number of esters is 1. The van der Waals surface area contributed by atoms with Crippen LogP contribution in [0.25, 0.3) is 0 Å². The number of aliphatic hydroxyl groups excluding tert-OH is 2. The first kappa shape index (κ1) is 81.3. The maximum absolute atomic E-state index is 12.5. The van der Waals surface area contributed by atoms with Crippen molar-refractivity contribution in [2.45, 2.75) is 443 Å². The number of carbonyl (C=O) groups excluding carboxylic acids is 2. The molecule has 3 N–H and O–H groups in total. The summed E-state index contributed by atoms with van der Waals surface area (Å²) < 4.78 is 5.47. The van der Waals surface area contributed by atoms with Crippen molar-refractivity contribution in [2.75, 3.05) is 13.2 Å². The monoisotopic (exact) mass is 1170 g/mol. The van der Waals surface area contributed by atoms with Crippen molar-refractivity contribution in [3.8, 4) is 0 Å². The summed E-state index contributed by atoms with van der Waals surface area (Å²) >= 11 is 0. The van der Waals surface area contributed by atoms with Crippen LogP contribution in [-0.4, -0.2) is 47.4 Å². The summed E-state index contributed by atoms with van der Waals surface area (Å²) in [4.78, 5) is 24.6. The molecule has 2 atom stereocenters. The number of rotatable bonds is 72. The maximum Gasteiger partial charge on any atom is 0.305 e. The minimum atomic E-state index is -0.842. The fraction of sp³-hybridized carbons (Fsp3) is 0.922. The molecule has 0 saturated heterocycles. The molecule has 0 radical (unpaired) electrons. The van der Waals surface area contributed by atoms with Gasteiger partial charge in [-0.15, -0.1) is 0 Å². The number of unbranched alkanes of at least 4 members (excludes halogenated alkanes) is 59. The van der Waals surface area contributed by atoms with E-state index in [1.165, 1.54) is 360 Å². The van der Waals surface area contributed by atoms with E-state index in [0.717, 1.165) is 44.9 Å². The predicted molar refractivity (Wildman–Crippen MR) is 366 cm³/mol. The molecule has 0 spiro atoms. The van der Waals surface area contributed by atoms with Crippen LogP contribution < -0.4 is 5.32 Å². The van der Waals surface area contributed by atoms with Gasteiger partial charge in [-0.05, 0) is 51.4 Å². The van der Waals surface area contributed by atoms with Crippen LogP contribution >= 0.6 is 0 Å². The highest BCUT2D eigenvalue weighted by molar-refractivity contribution is 5.76. The largest absolute Gasteiger partial charge is 0.466 e. The second-order valence-electron chi connectivity index (χ2n) is 26.3. The number of ether oxygens (including phenoxy) is 1. The third-order valence-electron chi connectivity index (χ3n) is 18.0. The highest BCUT2D eigenvalue weighted by atomic mass is 16.5. The van der Waals surface area contributed by atoms with Gasteiger partial charge in [-0.25, -0.2) is 0 Å². The van der Waals surface area contributed by atoms with Crippen LogP contribution in [0.15, 0.2) is 24.3 Å². The van der Waals surface area contributed by atoms with Gasteiger partial charge in [0.15, 0.2) is 0 Å². The SMILES string of the molecule is CCCC/C=C\CCCCCCCC(=O)OCCCCCCCCCCCCCCCCCCCCCCCCCCCCCCCCCCC(=O)NC(CO)C(O)/C=C/CCCCCCCCCCCCCCCCCCCCCCC. The van der Waals surface area contributed by atoms with Gasteiger partial charge in [0, 0.05) is 12.8 Å². The van der Waals surface area contributed by atoms with Crippen molar-refractivity contribution >= 4 is 11.9 Å². The van der Waals surface area contributed by atoms with Crippen molar-refractivity contribution in [3.05, 3.63) is 24.3 Å². The van der Waals surface area contributed by atoms with Gasteiger partial charge in [0.1, 0.15) is 0 Å². The first-order valence-corrected chi connectivity index (χ1v) is 38.1. The molecule has 0 aromatic heterocycles. The lowest BCUT2D eigenvalue weighted by Gasteiger charge is -2.20. The molecule has 0 aromatic carbocycles. The third-order valence-corrected chi connectivity index (χ3v) is 18.0. The molecule has 492 valence electrons. The summed E-state index contributed by atoms with van der Waals surface area (Å²) in [5.41, 5.74) is 0. The molecule has 0 aromatic rings. The zero-order chi connectivity index (χ0) is 59.9. The molecule has 83 heavy (non-hydrogen) atoms.